The average molecular weight is 296 g/mol. The summed E-state index contributed by atoms with van der Waals surface area (Å²) in [5, 5.41) is 9.01. The molecule has 6 heteroatoms. The Bertz CT molecular complexity index is 410. The van der Waals surface area contributed by atoms with E-state index in [1.54, 1.807) is 4.90 Å². The second kappa shape index (κ2) is 5.83. The number of carbonyl (C=O) groups excluding carboxylic acids is 1. The molecule has 2 heterocycles. The zero-order valence-corrected chi connectivity index (χ0v) is 12.4. The van der Waals surface area contributed by atoms with Gasteiger partial charge in [0.05, 0.1) is 13.2 Å². The second-order valence-electron chi connectivity index (χ2n) is 6.62. The molecule has 1 aliphatic carbocycles. The van der Waals surface area contributed by atoms with Gasteiger partial charge in [-0.3, -0.25) is 0 Å². The van der Waals surface area contributed by atoms with Crippen LogP contribution in [-0.2, 0) is 9.53 Å². The van der Waals surface area contributed by atoms with Gasteiger partial charge in [0.2, 0.25) is 0 Å². The first-order chi connectivity index (χ1) is 10.1. The van der Waals surface area contributed by atoms with Crippen molar-refractivity contribution in [2.24, 2.45) is 5.41 Å². The van der Waals surface area contributed by atoms with Crippen LogP contribution in [0.15, 0.2) is 0 Å². The Morgan fingerprint density at radius 2 is 1.67 bits per heavy atom. The summed E-state index contributed by atoms with van der Waals surface area (Å²) in [6, 6.07) is -0.0163. The number of carboxylic acid groups (broad SMARTS) is 1. The number of urea groups is 1. The van der Waals surface area contributed by atoms with Gasteiger partial charge in [-0.25, -0.2) is 9.59 Å². The second-order valence-corrected chi connectivity index (χ2v) is 6.62. The van der Waals surface area contributed by atoms with Gasteiger partial charge in [0, 0.05) is 19.6 Å². The largest absolute Gasteiger partial charge is 0.479 e. The van der Waals surface area contributed by atoms with Crippen molar-refractivity contribution < 1.29 is 19.4 Å². The smallest absolute Gasteiger partial charge is 0.334 e. The van der Waals surface area contributed by atoms with Crippen LogP contribution in [0.25, 0.3) is 0 Å². The predicted octanol–water partition coefficient (Wildman–Crippen LogP) is 1.55. The van der Waals surface area contributed by atoms with Crippen LogP contribution in [0, 0.1) is 5.41 Å². The molecule has 1 N–H and O–H groups in total. The minimum absolute atomic E-state index is 0.0163. The molecule has 0 radical (unpaired) electrons. The number of hydrogen-bond acceptors (Lipinski definition) is 3. The van der Waals surface area contributed by atoms with Crippen molar-refractivity contribution >= 4 is 12.0 Å². The number of nitrogens with zero attached hydrogens (tertiary/aromatic N) is 2. The van der Waals surface area contributed by atoms with Gasteiger partial charge >= 0.3 is 12.0 Å². The fourth-order valence-electron chi connectivity index (χ4n) is 3.97. The molecule has 0 aromatic rings. The van der Waals surface area contributed by atoms with E-state index >= 15 is 0 Å². The lowest BCUT2D eigenvalue weighted by Gasteiger charge is -2.42. The van der Waals surface area contributed by atoms with Gasteiger partial charge in [0.25, 0.3) is 0 Å². The van der Waals surface area contributed by atoms with Crippen LogP contribution < -0.4 is 0 Å². The van der Waals surface area contributed by atoms with E-state index in [4.69, 9.17) is 9.84 Å². The molecule has 3 aliphatic rings. The highest BCUT2D eigenvalue weighted by molar-refractivity contribution is 5.77. The Labute approximate surface area is 125 Å². The van der Waals surface area contributed by atoms with E-state index in [-0.39, 0.29) is 12.6 Å². The molecule has 21 heavy (non-hydrogen) atoms. The van der Waals surface area contributed by atoms with Gasteiger partial charge in [0.15, 0.2) is 6.10 Å². The summed E-state index contributed by atoms with van der Waals surface area (Å²) in [4.78, 5) is 27.1. The normalized spacial score (nSPS) is 28.9. The predicted molar refractivity (Wildman–Crippen MR) is 76.1 cm³/mol. The summed E-state index contributed by atoms with van der Waals surface area (Å²) in [5.41, 5.74) is 0.491. The van der Waals surface area contributed by atoms with Crippen LogP contribution in [0.2, 0.25) is 0 Å². The number of ether oxygens (including phenoxy) is 1. The first-order valence-electron chi connectivity index (χ1n) is 7.98. The standard InChI is InChI=1S/C15H24N2O4/c18-13(19)12-11-17(9-10-21-12)14(20)16-7-5-15(6-8-16)3-1-2-4-15/h12H,1-11H2,(H,18,19). The van der Waals surface area contributed by atoms with Crippen molar-refractivity contribution in [1.29, 1.82) is 0 Å². The highest BCUT2D eigenvalue weighted by Gasteiger charge is 2.39. The zero-order valence-electron chi connectivity index (χ0n) is 12.4. The summed E-state index contributed by atoms with van der Waals surface area (Å²) < 4.78 is 5.17. The maximum Gasteiger partial charge on any atom is 0.334 e. The molecule has 3 fully saturated rings. The number of morpholine rings is 1. The number of carbonyl (C=O) groups is 2. The Hall–Kier alpha value is -1.30. The summed E-state index contributed by atoms with van der Waals surface area (Å²) in [6.07, 6.45) is 6.61. The number of likely N-dealkylation sites (tertiary alicyclic amines) is 1. The molecule has 2 amide bonds. The molecule has 1 atom stereocenters. The number of hydrogen-bond donors (Lipinski definition) is 1. The highest BCUT2D eigenvalue weighted by Crippen LogP contribution is 2.46. The van der Waals surface area contributed by atoms with Gasteiger partial charge in [-0.2, -0.15) is 0 Å². The van der Waals surface area contributed by atoms with Gasteiger partial charge in [-0.05, 0) is 31.1 Å². The van der Waals surface area contributed by atoms with Crippen LogP contribution in [0.3, 0.4) is 0 Å². The van der Waals surface area contributed by atoms with Gasteiger partial charge < -0.3 is 19.6 Å². The van der Waals surface area contributed by atoms with Crippen LogP contribution in [0.5, 0.6) is 0 Å². The van der Waals surface area contributed by atoms with Gasteiger partial charge in [-0.1, -0.05) is 12.8 Å². The first-order valence-corrected chi connectivity index (χ1v) is 7.98. The maximum absolute atomic E-state index is 12.5. The maximum atomic E-state index is 12.5. The lowest BCUT2D eigenvalue weighted by Crippen LogP contribution is -2.54. The van der Waals surface area contributed by atoms with Crippen molar-refractivity contribution in [3.63, 3.8) is 0 Å². The quantitative estimate of drug-likeness (QED) is 0.797. The Kier molecular flexibility index (Phi) is 4.06. The van der Waals surface area contributed by atoms with Crippen molar-refractivity contribution in [3.8, 4) is 0 Å². The molecule has 0 aromatic carbocycles. The lowest BCUT2D eigenvalue weighted by atomic mass is 9.77. The monoisotopic (exact) mass is 296 g/mol. The number of aliphatic carboxylic acids is 1. The molecule has 1 spiro atoms. The molecule has 2 saturated heterocycles. The van der Waals surface area contributed by atoms with E-state index in [0.29, 0.717) is 18.6 Å². The van der Waals surface area contributed by atoms with Crippen LogP contribution in [-0.4, -0.2) is 65.8 Å². The van der Waals surface area contributed by atoms with E-state index in [2.05, 4.69) is 0 Å². The molecule has 1 saturated carbocycles. The molecular weight excluding hydrogens is 272 g/mol. The van der Waals surface area contributed by atoms with E-state index in [1.807, 2.05) is 4.90 Å². The fraction of sp³-hybridized carbons (Fsp3) is 0.867. The van der Waals surface area contributed by atoms with E-state index in [9.17, 15) is 9.59 Å². The number of rotatable bonds is 1. The fourth-order valence-corrected chi connectivity index (χ4v) is 3.97. The Morgan fingerprint density at radius 1 is 1.00 bits per heavy atom. The summed E-state index contributed by atoms with van der Waals surface area (Å²) in [7, 11) is 0. The minimum Gasteiger partial charge on any atom is -0.479 e. The molecule has 6 nitrogen and oxygen atoms in total. The van der Waals surface area contributed by atoms with E-state index in [1.165, 1.54) is 25.7 Å². The molecule has 0 aromatic heterocycles. The van der Waals surface area contributed by atoms with Crippen LogP contribution >= 0.6 is 0 Å². The van der Waals surface area contributed by atoms with Crippen LogP contribution in [0.4, 0.5) is 4.79 Å². The zero-order chi connectivity index (χ0) is 14.9. The Balaban J connectivity index is 1.55. The number of carboxylic acids is 1. The molecule has 2 aliphatic heterocycles. The number of amides is 2. The summed E-state index contributed by atoms with van der Waals surface area (Å²) >= 11 is 0. The van der Waals surface area contributed by atoms with Crippen molar-refractivity contribution in [2.75, 3.05) is 32.8 Å². The Morgan fingerprint density at radius 3 is 2.29 bits per heavy atom. The van der Waals surface area contributed by atoms with Crippen LogP contribution in [0.1, 0.15) is 38.5 Å². The summed E-state index contributed by atoms with van der Waals surface area (Å²) in [5.74, 6) is -0.990. The van der Waals surface area contributed by atoms with E-state index < -0.39 is 12.1 Å². The molecule has 118 valence electrons. The van der Waals surface area contributed by atoms with Gasteiger partial charge in [0.1, 0.15) is 0 Å². The molecular formula is C15H24N2O4. The van der Waals surface area contributed by atoms with Crippen molar-refractivity contribution in [2.45, 2.75) is 44.6 Å². The molecule has 1 unspecified atom stereocenters. The number of piperidine rings is 1. The lowest BCUT2D eigenvalue weighted by molar-refractivity contribution is -0.154. The highest BCUT2D eigenvalue weighted by atomic mass is 16.5. The van der Waals surface area contributed by atoms with Gasteiger partial charge in [-0.15, -0.1) is 0 Å². The van der Waals surface area contributed by atoms with E-state index in [0.717, 1.165) is 25.9 Å². The molecule has 0 bridgehead atoms. The first kappa shape index (κ1) is 14.6. The SMILES string of the molecule is O=C(O)C1CN(C(=O)N2CCC3(CCCC3)CC2)CCO1. The topological polar surface area (TPSA) is 70.1 Å². The third kappa shape index (κ3) is 3.00. The summed E-state index contributed by atoms with van der Waals surface area (Å²) in [6.45, 7) is 2.59. The minimum atomic E-state index is -0.990. The van der Waals surface area contributed by atoms with Crippen molar-refractivity contribution in [3.05, 3.63) is 0 Å². The average Bonchev–Trinajstić information content (AvgIpc) is 2.96. The third-order valence-electron chi connectivity index (χ3n) is 5.37. The van der Waals surface area contributed by atoms with Crippen molar-refractivity contribution in [1.82, 2.24) is 9.80 Å². The third-order valence-corrected chi connectivity index (χ3v) is 5.37. The molecule has 3 rings (SSSR count).